The van der Waals surface area contributed by atoms with Gasteiger partial charge in [-0.2, -0.15) is 0 Å². The molecule has 0 unspecified atom stereocenters. The average Bonchev–Trinajstić information content (AvgIpc) is 3.36. The summed E-state index contributed by atoms with van der Waals surface area (Å²) in [6, 6.07) is 7.63. The highest BCUT2D eigenvalue weighted by molar-refractivity contribution is 5.99. The average molecular weight is 397 g/mol. The van der Waals surface area contributed by atoms with Gasteiger partial charge in [-0.25, -0.2) is 4.39 Å². The zero-order valence-electron chi connectivity index (χ0n) is 16.0. The number of nitrogens with one attached hydrogen (secondary N) is 1. The fourth-order valence-corrected chi connectivity index (χ4v) is 3.41. The first-order valence-corrected chi connectivity index (χ1v) is 9.26. The maximum atomic E-state index is 13.4. The van der Waals surface area contributed by atoms with Crippen LogP contribution in [0.15, 0.2) is 51.7 Å². The number of hydrogen-bond acceptors (Lipinski definition) is 5. The second-order valence-electron chi connectivity index (χ2n) is 7.22. The molecular formula is C21H20FN3O4. The van der Waals surface area contributed by atoms with Crippen molar-refractivity contribution in [3.63, 3.8) is 0 Å². The fourth-order valence-electron chi connectivity index (χ4n) is 3.41. The highest BCUT2D eigenvalue weighted by Crippen LogP contribution is 2.29. The SMILES string of the molecule is Cc1cc(C(=O)NC2CC(N(C)C(=O)c3cnoc3-c3ccco3)C2)ccc1F. The summed E-state index contributed by atoms with van der Waals surface area (Å²) in [5.41, 5.74) is 1.18. The van der Waals surface area contributed by atoms with Gasteiger partial charge in [-0.05, 0) is 55.7 Å². The van der Waals surface area contributed by atoms with E-state index in [4.69, 9.17) is 8.94 Å². The van der Waals surface area contributed by atoms with Gasteiger partial charge in [0.05, 0.1) is 12.5 Å². The molecule has 1 aliphatic carbocycles. The number of amides is 2. The normalized spacial score (nSPS) is 18.2. The maximum absolute atomic E-state index is 13.4. The van der Waals surface area contributed by atoms with E-state index in [1.54, 1.807) is 31.0 Å². The Bertz CT molecular complexity index is 1040. The molecule has 2 aromatic heterocycles. The molecular weight excluding hydrogens is 377 g/mol. The quantitative estimate of drug-likeness (QED) is 0.713. The zero-order valence-corrected chi connectivity index (χ0v) is 16.0. The van der Waals surface area contributed by atoms with Crippen LogP contribution in [0.1, 0.15) is 39.1 Å². The summed E-state index contributed by atoms with van der Waals surface area (Å²) >= 11 is 0. The molecule has 1 N–H and O–H groups in total. The molecule has 150 valence electrons. The van der Waals surface area contributed by atoms with Gasteiger partial charge in [-0.1, -0.05) is 5.16 Å². The molecule has 0 atom stereocenters. The van der Waals surface area contributed by atoms with E-state index in [1.165, 1.54) is 30.7 Å². The Balaban J connectivity index is 1.35. The third-order valence-corrected chi connectivity index (χ3v) is 5.28. The number of benzene rings is 1. The summed E-state index contributed by atoms with van der Waals surface area (Å²) in [6.45, 7) is 1.62. The second kappa shape index (κ2) is 7.54. The lowest BCUT2D eigenvalue weighted by atomic mass is 9.85. The number of furan rings is 1. The molecule has 1 aromatic carbocycles. The van der Waals surface area contributed by atoms with E-state index in [1.807, 2.05) is 0 Å². The summed E-state index contributed by atoms with van der Waals surface area (Å²) in [4.78, 5) is 26.8. The van der Waals surface area contributed by atoms with Crippen molar-refractivity contribution in [2.75, 3.05) is 7.05 Å². The van der Waals surface area contributed by atoms with E-state index < -0.39 is 0 Å². The van der Waals surface area contributed by atoms with Crippen LogP contribution in [-0.2, 0) is 0 Å². The van der Waals surface area contributed by atoms with Crippen molar-refractivity contribution in [1.29, 1.82) is 0 Å². The lowest BCUT2D eigenvalue weighted by Gasteiger charge is -2.41. The Hall–Kier alpha value is -3.42. The number of halogens is 1. The molecule has 29 heavy (non-hydrogen) atoms. The van der Waals surface area contributed by atoms with Crippen LogP contribution in [0.5, 0.6) is 0 Å². The van der Waals surface area contributed by atoms with Gasteiger partial charge in [0.15, 0.2) is 5.76 Å². The van der Waals surface area contributed by atoms with Gasteiger partial charge in [0.1, 0.15) is 11.4 Å². The summed E-state index contributed by atoms with van der Waals surface area (Å²) in [7, 11) is 1.72. The third-order valence-electron chi connectivity index (χ3n) is 5.28. The van der Waals surface area contributed by atoms with Gasteiger partial charge in [-0.3, -0.25) is 9.59 Å². The molecule has 8 heteroatoms. The van der Waals surface area contributed by atoms with Crippen LogP contribution in [0.3, 0.4) is 0 Å². The maximum Gasteiger partial charge on any atom is 0.259 e. The third kappa shape index (κ3) is 3.65. The van der Waals surface area contributed by atoms with Crippen LogP contribution in [0, 0.1) is 12.7 Å². The monoisotopic (exact) mass is 397 g/mol. The molecule has 1 aliphatic rings. The van der Waals surface area contributed by atoms with Crippen molar-refractivity contribution >= 4 is 11.8 Å². The summed E-state index contributed by atoms with van der Waals surface area (Å²) in [6.07, 6.45) is 4.15. The number of rotatable bonds is 5. The van der Waals surface area contributed by atoms with E-state index in [-0.39, 0.29) is 29.7 Å². The first-order chi connectivity index (χ1) is 13.9. The Morgan fingerprint density at radius 2 is 2.07 bits per heavy atom. The van der Waals surface area contributed by atoms with Crippen LogP contribution in [0.4, 0.5) is 4.39 Å². The van der Waals surface area contributed by atoms with Crippen molar-refractivity contribution in [3.05, 3.63) is 65.3 Å². The Morgan fingerprint density at radius 1 is 1.28 bits per heavy atom. The van der Waals surface area contributed by atoms with E-state index in [0.717, 1.165) is 0 Å². The van der Waals surface area contributed by atoms with Gasteiger partial charge in [0, 0.05) is 24.7 Å². The van der Waals surface area contributed by atoms with Crippen molar-refractivity contribution in [1.82, 2.24) is 15.4 Å². The molecule has 0 spiro atoms. The van der Waals surface area contributed by atoms with E-state index in [9.17, 15) is 14.0 Å². The Morgan fingerprint density at radius 3 is 2.76 bits per heavy atom. The van der Waals surface area contributed by atoms with Crippen molar-refractivity contribution in [3.8, 4) is 11.5 Å². The predicted octanol–water partition coefficient (Wildman–Crippen LogP) is 3.42. The number of nitrogens with zero attached hydrogens (tertiary/aromatic N) is 2. The number of aryl methyl sites for hydroxylation is 1. The first kappa shape index (κ1) is 18.9. The molecule has 0 saturated heterocycles. The Kier molecular flexibility index (Phi) is 4.92. The van der Waals surface area contributed by atoms with Crippen LogP contribution in [0.2, 0.25) is 0 Å². The molecule has 1 fully saturated rings. The molecule has 4 rings (SSSR count). The minimum Gasteiger partial charge on any atom is -0.461 e. The van der Waals surface area contributed by atoms with Crippen molar-refractivity contribution in [2.45, 2.75) is 31.8 Å². The lowest BCUT2D eigenvalue weighted by molar-refractivity contribution is 0.0584. The predicted molar refractivity (Wildman–Crippen MR) is 102 cm³/mol. The smallest absolute Gasteiger partial charge is 0.259 e. The lowest BCUT2D eigenvalue weighted by Crippen LogP contribution is -2.54. The van der Waals surface area contributed by atoms with E-state index >= 15 is 0 Å². The minimum absolute atomic E-state index is 0.0119. The van der Waals surface area contributed by atoms with Gasteiger partial charge in [0.25, 0.3) is 11.8 Å². The second-order valence-corrected chi connectivity index (χ2v) is 7.22. The van der Waals surface area contributed by atoms with Gasteiger partial charge in [0.2, 0.25) is 5.76 Å². The largest absolute Gasteiger partial charge is 0.461 e. The van der Waals surface area contributed by atoms with Crippen LogP contribution in [0.25, 0.3) is 11.5 Å². The first-order valence-electron chi connectivity index (χ1n) is 9.26. The fraction of sp³-hybridized carbons (Fsp3) is 0.286. The Labute approximate surface area is 166 Å². The molecule has 0 bridgehead atoms. The number of hydrogen-bond donors (Lipinski definition) is 1. The molecule has 7 nitrogen and oxygen atoms in total. The molecule has 2 heterocycles. The number of carbonyl (C=O) groups is 2. The van der Waals surface area contributed by atoms with Crippen molar-refractivity contribution < 1.29 is 22.9 Å². The molecule has 0 radical (unpaired) electrons. The van der Waals surface area contributed by atoms with Gasteiger partial charge in [-0.15, -0.1) is 0 Å². The topological polar surface area (TPSA) is 88.6 Å². The zero-order chi connectivity index (χ0) is 20.5. The minimum atomic E-state index is -0.340. The summed E-state index contributed by atoms with van der Waals surface area (Å²) in [5.74, 6) is -0.0744. The molecule has 0 aliphatic heterocycles. The van der Waals surface area contributed by atoms with Crippen LogP contribution >= 0.6 is 0 Å². The highest BCUT2D eigenvalue weighted by Gasteiger charge is 2.36. The number of aromatic nitrogens is 1. The van der Waals surface area contributed by atoms with Gasteiger partial charge >= 0.3 is 0 Å². The molecule has 1 saturated carbocycles. The van der Waals surface area contributed by atoms with E-state index in [2.05, 4.69) is 10.5 Å². The molecule has 3 aromatic rings. The highest BCUT2D eigenvalue weighted by atomic mass is 19.1. The van der Waals surface area contributed by atoms with Crippen LogP contribution < -0.4 is 5.32 Å². The van der Waals surface area contributed by atoms with Crippen LogP contribution in [-0.4, -0.2) is 41.0 Å². The summed E-state index contributed by atoms with van der Waals surface area (Å²) in [5, 5.41) is 6.65. The summed E-state index contributed by atoms with van der Waals surface area (Å²) < 4.78 is 23.8. The molecule has 2 amide bonds. The number of carbonyl (C=O) groups excluding carboxylic acids is 2. The standard InChI is InChI=1S/C21H20FN3O4/c1-12-8-13(5-6-17(12)22)20(26)24-14-9-15(10-14)25(2)21(27)16-11-23-29-19(16)18-4-3-7-28-18/h3-8,11,14-15H,9-10H2,1-2H3,(H,24,26). The van der Waals surface area contributed by atoms with Crippen molar-refractivity contribution in [2.24, 2.45) is 0 Å². The van der Waals surface area contributed by atoms with E-state index in [0.29, 0.717) is 41.1 Å². The van der Waals surface area contributed by atoms with Gasteiger partial charge < -0.3 is 19.2 Å².